The molecule has 0 aliphatic rings. The molecule has 0 saturated heterocycles. The summed E-state index contributed by atoms with van der Waals surface area (Å²) in [7, 11) is 1.96. The molecule has 1 heterocycles. The molecule has 0 aliphatic carbocycles. The van der Waals surface area contributed by atoms with E-state index in [9.17, 15) is 0 Å². The number of nitrogens with zero attached hydrogens (tertiary/aromatic N) is 4. The molecular weight excluding hydrogens is 352 g/mol. The lowest BCUT2D eigenvalue weighted by Gasteiger charge is -2.13. The lowest BCUT2D eigenvalue weighted by Crippen LogP contribution is -2.39. The Labute approximate surface area is 168 Å². The van der Waals surface area contributed by atoms with Gasteiger partial charge in [-0.1, -0.05) is 32.4 Å². The third-order valence-corrected chi connectivity index (χ3v) is 4.46. The Balaban J connectivity index is 1.91. The van der Waals surface area contributed by atoms with Crippen molar-refractivity contribution in [1.82, 2.24) is 25.4 Å². The number of benzene rings is 1. The van der Waals surface area contributed by atoms with Crippen LogP contribution in [0.25, 0.3) is 0 Å². The van der Waals surface area contributed by atoms with Crippen molar-refractivity contribution in [2.45, 2.75) is 53.0 Å². The standard InChI is InChI=1S/C21H34N6O/c1-5-7-12-22-21(24-16-20-26-25-17(3)27(20)4)23-13-11-18-9-8-10-19(15-18)28-14-6-2/h8-10,15H,5-7,11-14,16H2,1-4H3,(H2,22,23,24). The molecule has 154 valence electrons. The van der Waals surface area contributed by atoms with Crippen LogP contribution in [-0.4, -0.2) is 40.4 Å². The van der Waals surface area contributed by atoms with Gasteiger partial charge in [-0.3, -0.25) is 0 Å². The number of guanidine groups is 1. The molecule has 0 aliphatic heterocycles. The Hall–Kier alpha value is -2.57. The number of aliphatic imine (C=N–C) groups is 1. The van der Waals surface area contributed by atoms with Crippen molar-refractivity contribution in [1.29, 1.82) is 0 Å². The molecular formula is C21H34N6O. The molecule has 2 rings (SSSR count). The van der Waals surface area contributed by atoms with Gasteiger partial charge in [0.05, 0.1) is 6.61 Å². The average Bonchev–Trinajstić information content (AvgIpc) is 3.02. The van der Waals surface area contributed by atoms with Crippen molar-refractivity contribution in [2.75, 3.05) is 19.7 Å². The number of aromatic nitrogens is 3. The number of aryl methyl sites for hydroxylation is 1. The summed E-state index contributed by atoms with van der Waals surface area (Å²) < 4.78 is 7.68. The van der Waals surface area contributed by atoms with Gasteiger partial charge in [-0.2, -0.15) is 0 Å². The van der Waals surface area contributed by atoms with Crippen molar-refractivity contribution in [2.24, 2.45) is 12.0 Å². The van der Waals surface area contributed by atoms with Crippen LogP contribution in [0.2, 0.25) is 0 Å². The summed E-state index contributed by atoms with van der Waals surface area (Å²) in [6.07, 6.45) is 4.18. The van der Waals surface area contributed by atoms with E-state index in [2.05, 4.69) is 51.8 Å². The number of ether oxygens (including phenoxy) is 1. The van der Waals surface area contributed by atoms with E-state index >= 15 is 0 Å². The highest BCUT2D eigenvalue weighted by atomic mass is 16.5. The molecule has 1 aromatic carbocycles. The van der Waals surface area contributed by atoms with Crippen LogP contribution in [0.3, 0.4) is 0 Å². The van der Waals surface area contributed by atoms with Crippen LogP contribution >= 0.6 is 0 Å². The summed E-state index contributed by atoms with van der Waals surface area (Å²) in [5.74, 6) is 3.50. The lowest BCUT2D eigenvalue weighted by atomic mass is 10.1. The summed E-state index contributed by atoms with van der Waals surface area (Å²) >= 11 is 0. The van der Waals surface area contributed by atoms with E-state index in [1.54, 1.807) is 0 Å². The molecule has 2 N–H and O–H groups in total. The van der Waals surface area contributed by atoms with Crippen LogP contribution in [0.1, 0.15) is 50.3 Å². The minimum absolute atomic E-state index is 0.499. The Bertz CT molecular complexity index is 740. The predicted molar refractivity (Wildman–Crippen MR) is 114 cm³/mol. The smallest absolute Gasteiger partial charge is 0.191 e. The van der Waals surface area contributed by atoms with Gasteiger partial charge in [0.2, 0.25) is 0 Å². The number of unbranched alkanes of at least 4 members (excludes halogenated alkanes) is 1. The molecule has 7 heteroatoms. The van der Waals surface area contributed by atoms with Gasteiger partial charge in [0.15, 0.2) is 11.8 Å². The summed E-state index contributed by atoms with van der Waals surface area (Å²) in [6, 6.07) is 8.30. The minimum atomic E-state index is 0.499. The quantitative estimate of drug-likeness (QED) is 0.353. The Morgan fingerprint density at radius 1 is 1.14 bits per heavy atom. The van der Waals surface area contributed by atoms with Gasteiger partial charge < -0.3 is 19.9 Å². The monoisotopic (exact) mass is 386 g/mol. The largest absolute Gasteiger partial charge is 0.494 e. The van der Waals surface area contributed by atoms with Crippen molar-refractivity contribution < 1.29 is 4.74 Å². The van der Waals surface area contributed by atoms with Crippen molar-refractivity contribution in [3.63, 3.8) is 0 Å². The molecule has 0 fully saturated rings. The zero-order valence-corrected chi connectivity index (χ0v) is 17.7. The zero-order valence-electron chi connectivity index (χ0n) is 17.7. The van der Waals surface area contributed by atoms with Gasteiger partial charge in [0, 0.05) is 20.1 Å². The lowest BCUT2D eigenvalue weighted by molar-refractivity contribution is 0.317. The maximum Gasteiger partial charge on any atom is 0.191 e. The van der Waals surface area contributed by atoms with Crippen LogP contribution in [0.5, 0.6) is 5.75 Å². The fraction of sp³-hybridized carbons (Fsp3) is 0.571. The Kier molecular flexibility index (Phi) is 9.31. The van der Waals surface area contributed by atoms with Gasteiger partial charge in [0.25, 0.3) is 0 Å². The Morgan fingerprint density at radius 2 is 1.96 bits per heavy atom. The third-order valence-electron chi connectivity index (χ3n) is 4.46. The van der Waals surface area contributed by atoms with Crippen LogP contribution in [0.15, 0.2) is 29.3 Å². The van der Waals surface area contributed by atoms with Crippen LogP contribution < -0.4 is 15.4 Å². The van der Waals surface area contributed by atoms with Crippen molar-refractivity contribution in [3.05, 3.63) is 41.5 Å². The van der Waals surface area contributed by atoms with Gasteiger partial charge in [0.1, 0.15) is 18.1 Å². The minimum Gasteiger partial charge on any atom is -0.494 e. The van der Waals surface area contributed by atoms with Crippen LogP contribution in [0, 0.1) is 6.92 Å². The van der Waals surface area contributed by atoms with E-state index in [0.717, 1.165) is 68.7 Å². The summed E-state index contributed by atoms with van der Waals surface area (Å²) in [5.41, 5.74) is 1.25. The third kappa shape index (κ3) is 7.21. The summed E-state index contributed by atoms with van der Waals surface area (Å²) in [5, 5.41) is 15.1. The average molecular weight is 387 g/mol. The van der Waals surface area contributed by atoms with E-state index in [0.29, 0.717) is 6.54 Å². The Morgan fingerprint density at radius 3 is 2.68 bits per heavy atom. The van der Waals surface area contributed by atoms with E-state index < -0.39 is 0 Å². The molecule has 0 amide bonds. The molecule has 28 heavy (non-hydrogen) atoms. The maximum absolute atomic E-state index is 5.72. The second kappa shape index (κ2) is 12.0. The SMILES string of the molecule is CCCCNC(=NCc1nnc(C)n1C)NCCc1cccc(OCCC)c1. The molecule has 1 aromatic heterocycles. The second-order valence-corrected chi connectivity index (χ2v) is 6.84. The van der Waals surface area contributed by atoms with Gasteiger partial charge in [-0.15, -0.1) is 10.2 Å². The maximum atomic E-state index is 5.72. The number of hydrogen-bond donors (Lipinski definition) is 2. The highest BCUT2D eigenvalue weighted by Crippen LogP contribution is 2.13. The van der Waals surface area contributed by atoms with E-state index in [1.165, 1.54) is 5.56 Å². The van der Waals surface area contributed by atoms with Crippen molar-refractivity contribution >= 4 is 5.96 Å². The number of rotatable bonds is 11. The number of nitrogens with one attached hydrogen (secondary N) is 2. The molecule has 2 aromatic rings. The normalized spacial score (nSPS) is 11.5. The molecule has 0 bridgehead atoms. The zero-order chi connectivity index (χ0) is 20.2. The highest BCUT2D eigenvalue weighted by Gasteiger charge is 2.05. The van der Waals surface area contributed by atoms with E-state index in [-0.39, 0.29) is 0 Å². The molecule has 0 saturated carbocycles. The fourth-order valence-corrected chi connectivity index (χ4v) is 2.63. The fourth-order valence-electron chi connectivity index (χ4n) is 2.63. The first-order valence-corrected chi connectivity index (χ1v) is 10.2. The first-order chi connectivity index (χ1) is 13.6. The summed E-state index contributed by atoms with van der Waals surface area (Å²) in [4.78, 5) is 4.68. The first-order valence-electron chi connectivity index (χ1n) is 10.2. The van der Waals surface area contributed by atoms with Gasteiger partial charge in [-0.25, -0.2) is 4.99 Å². The van der Waals surface area contributed by atoms with Crippen LogP contribution in [-0.2, 0) is 20.0 Å². The highest BCUT2D eigenvalue weighted by molar-refractivity contribution is 5.79. The number of hydrogen-bond acceptors (Lipinski definition) is 4. The van der Waals surface area contributed by atoms with Gasteiger partial charge >= 0.3 is 0 Å². The molecule has 0 spiro atoms. The first kappa shape index (κ1) is 21.7. The molecule has 0 unspecified atom stereocenters. The van der Waals surface area contributed by atoms with E-state index in [1.807, 2.05) is 30.7 Å². The molecule has 0 atom stereocenters. The topological polar surface area (TPSA) is 76.4 Å². The predicted octanol–water partition coefficient (Wildman–Crippen LogP) is 2.99. The summed E-state index contributed by atoms with van der Waals surface area (Å²) in [6.45, 7) is 9.19. The van der Waals surface area contributed by atoms with Gasteiger partial charge in [-0.05, 0) is 43.9 Å². The second-order valence-electron chi connectivity index (χ2n) is 6.84. The molecule has 0 radical (unpaired) electrons. The van der Waals surface area contributed by atoms with Crippen molar-refractivity contribution in [3.8, 4) is 5.75 Å². The van der Waals surface area contributed by atoms with Crippen LogP contribution in [0.4, 0.5) is 0 Å². The van der Waals surface area contributed by atoms with E-state index in [4.69, 9.17) is 4.74 Å². The molecule has 7 nitrogen and oxygen atoms in total.